The molecule has 1 aromatic carbocycles. The van der Waals surface area contributed by atoms with Crippen LogP contribution in [0.25, 0.3) is 0 Å². The van der Waals surface area contributed by atoms with Gasteiger partial charge in [-0.2, -0.15) is 0 Å². The molecule has 1 amide bonds. The Morgan fingerprint density at radius 3 is 2.55 bits per heavy atom. The summed E-state index contributed by atoms with van der Waals surface area (Å²) in [5, 5.41) is 2.10. The minimum absolute atomic E-state index is 0.0935. The SMILES string of the molecule is CCCCOc1ccc(C(=O)N[C@@H]2CS(=O)(=O)C[C@@H]2Cl)cc1. The number of amides is 1. The van der Waals surface area contributed by atoms with Gasteiger partial charge in [0.2, 0.25) is 0 Å². The Kier molecular flexibility index (Phi) is 5.69. The van der Waals surface area contributed by atoms with Crippen LogP contribution in [0.2, 0.25) is 0 Å². The van der Waals surface area contributed by atoms with E-state index in [-0.39, 0.29) is 17.4 Å². The third kappa shape index (κ3) is 4.61. The molecule has 1 saturated heterocycles. The van der Waals surface area contributed by atoms with Crippen molar-refractivity contribution in [3.8, 4) is 5.75 Å². The van der Waals surface area contributed by atoms with Gasteiger partial charge in [-0.15, -0.1) is 11.6 Å². The van der Waals surface area contributed by atoms with Gasteiger partial charge in [-0.05, 0) is 30.7 Å². The predicted molar refractivity (Wildman–Crippen MR) is 86.4 cm³/mol. The number of rotatable bonds is 6. The normalized spacial score (nSPS) is 23.2. The first-order chi connectivity index (χ1) is 10.4. The summed E-state index contributed by atoms with van der Waals surface area (Å²) >= 11 is 5.98. The Morgan fingerprint density at radius 1 is 1.32 bits per heavy atom. The van der Waals surface area contributed by atoms with Crippen molar-refractivity contribution in [1.29, 1.82) is 0 Å². The van der Waals surface area contributed by atoms with E-state index in [1.807, 2.05) is 0 Å². The number of benzene rings is 1. The van der Waals surface area contributed by atoms with Gasteiger partial charge in [0, 0.05) is 5.56 Å². The molecule has 0 saturated carbocycles. The molecule has 0 bridgehead atoms. The van der Waals surface area contributed by atoms with E-state index in [0.29, 0.717) is 17.9 Å². The maximum absolute atomic E-state index is 12.1. The van der Waals surface area contributed by atoms with Crippen LogP contribution < -0.4 is 10.1 Å². The summed E-state index contributed by atoms with van der Waals surface area (Å²) in [6, 6.07) is 6.23. The van der Waals surface area contributed by atoms with Gasteiger partial charge < -0.3 is 10.1 Å². The van der Waals surface area contributed by atoms with Crippen molar-refractivity contribution in [3.63, 3.8) is 0 Å². The van der Waals surface area contributed by atoms with E-state index in [1.54, 1.807) is 24.3 Å². The third-order valence-corrected chi connectivity index (χ3v) is 5.86. The van der Waals surface area contributed by atoms with E-state index in [9.17, 15) is 13.2 Å². The van der Waals surface area contributed by atoms with Gasteiger partial charge in [0.1, 0.15) is 5.75 Å². The molecule has 22 heavy (non-hydrogen) atoms. The number of unbranched alkanes of at least 4 members (excludes halogenated alkanes) is 1. The van der Waals surface area contributed by atoms with Crippen molar-refractivity contribution >= 4 is 27.3 Å². The lowest BCUT2D eigenvalue weighted by Crippen LogP contribution is -2.40. The lowest BCUT2D eigenvalue weighted by Gasteiger charge is -2.14. The maximum Gasteiger partial charge on any atom is 0.251 e. The van der Waals surface area contributed by atoms with Gasteiger partial charge in [0.15, 0.2) is 9.84 Å². The van der Waals surface area contributed by atoms with Crippen molar-refractivity contribution < 1.29 is 17.9 Å². The zero-order chi connectivity index (χ0) is 16.2. The molecule has 7 heteroatoms. The largest absolute Gasteiger partial charge is 0.494 e. The predicted octanol–water partition coefficient (Wildman–Crippen LogP) is 2.00. The Hall–Kier alpha value is -1.27. The molecule has 0 spiro atoms. The van der Waals surface area contributed by atoms with Crippen LogP contribution in [-0.2, 0) is 9.84 Å². The lowest BCUT2D eigenvalue weighted by molar-refractivity contribution is 0.0941. The molecule has 0 radical (unpaired) electrons. The number of halogens is 1. The summed E-state index contributed by atoms with van der Waals surface area (Å²) in [6.07, 6.45) is 2.04. The average Bonchev–Trinajstić information content (AvgIpc) is 2.72. The van der Waals surface area contributed by atoms with E-state index < -0.39 is 21.3 Å². The monoisotopic (exact) mass is 345 g/mol. The fraction of sp³-hybridized carbons (Fsp3) is 0.533. The van der Waals surface area contributed by atoms with E-state index in [1.165, 1.54) is 0 Å². The van der Waals surface area contributed by atoms with Crippen molar-refractivity contribution in [2.45, 2.75) is 31.2 Å². The maximum atomic E-state index is 12.1. The van der Waals surface area contributed by atoms with Crippen LogP contribution in [0.4, 0.5) is 0 Å². The van der Waals surface area contributed by atoms with E-state index >= 15 is 0 Å². The highest BCUT2D eigenvalue weighted by molar-refractivity contribution is 7.91. The second kappa shape index (κ2) is 7.33. The summed E-state index contributed by atoms with van der Waals surface area (Å²) in [5.41, 5.74) is 0.455. The van der Waals surface area contributed by atoms with Crippen LogP contribution in [0.1, 0.15) is 30.1 Å². The van der Waals surface area contributed by atoms with E-state index in [0.717, 1.165) is 12.8 Å². The molecule has 2 rings (SSSR count). The minimum atomic E-state index is -3.16. The zero-order valence-corrected chi connectivity index (χ0v) is 14.0. The minimum Gasteiger partial charge on any atom is -0.494 e. The fourth-order valence-corrected chi connectivity index (χ4v) is 4.78. The van der Waals surface area contributed by atoms with Gasteiger partial charge in [-0.3, -0.25) is 4.79 Å². The molecule has 1 aromatic rings. The molecular formula is C15H20ClNO4S. The highest BCUT2D eigenvalue weighted by Crippen LogP contribution is 2.19. The molecule has 1 N–H and O–H groups in total. The first kappa shape index (κ1) is 17.1. The van der Waals surface area contributed by atoms with Crippen LogP contribution in [0, 0.1) is 0 Å². The highest BCUT2D eigenvalue weighted by atomic mass is 35.5. The van der Waals surface area contributed by atoms with E-state index in [4.69, 9.17) is 16.3 Å². The van der Waals surface area contributed by atoms with Gasteiger partial charge in [0.05, 0.1) is 29.5 Å². The first-order valence-electron chi connectivity index (χ1n) is 7.29. The van der Waals surface area contributed by atoms with Crippen LogP contribution >= 0.6 is 11.6 Å². The smallest absolute Gasteiger partial charge is 0.251 e. The lowest BCUT2D eigenvalue weighted by atomic mass is 10.2. The molecule has 1 aliphatic rings. The Balaban J connectivity index is 1.93. The Labute approximate surface area is 135 Å². The second-order valence-corrected chi connectivity index (χ2v) is 8.11. The van der Waals surface area contributed by atoms with Crippen molar-refractivity contribution in [2.24, 2.45) is 0 Å². The molecule has 1 fully saturated rings. The molecular weight excluding hydrogens is 326 g/mol. The topological polar surface area (TPSA) is 72.5 Å². The molecule has 1 heterocycles. The number of alkyl halides is 1. The average molecular weight is 346 g/mol. The molecule has 5 nitrogen and oxygen atoms in total. The molecule has 122 valence electrons. The molecule has 1 aliphatic heterocycles. The standard InChI is InChI=1S/C15H20ClNO4S/c1-2-3-8-21-12-6-4-11(5-7-12)15(18)17-14-10-22(19,20)9-13(14)16/h4-7,13-14H,2-3,8-10H2,1H3,(H,17,18)/t13-,14+/m0/s1. The number of hydrogen-bond acceptors (Lipinski definition) is 4. The van der Waals surface area contributed by atoms with Gasteiger partial charge in [-0.1, -0.05) is 13.3 Å². The molecule has 0 aromatic heterocycles. The van der Waals surface area contributed by atoms with Crippen molar-refractivity contribution in [3.05, 3.63) is 29.8 Å². The van der Waals surface area contributed by atoms with Crippen LogP contribution in [-0.4, -0.2) is 43.9 Å². The number of nitrogens with one attached hydrogen (secondary N) is 1. The summed E-state index contributed by atoms with van der Waals surface area (Å²) in [4.78, 5) is 12.1. The quantitative estimate of drug-likeness (QED) is 0.632. The summed E-state index contributed by atoms with van der Waals surface area (Å²) in [6.45, 7) is 2.74. The Morgan fingerprint density at radius 2 is 2.00 bits per heavy atom. The number of ether oxygens (including phenoxy) is 1. The third-order valence-electron chi connectivity index (χ3n) is 3.48. The second-order valence-electron chi connectivity index (χ2n) is 5.40. The molecule has 0 unspecified atom stereocenters. The number of carbonyl (C=O) groups excluding carboxylic acids is 1. The van der Waals surface area contributed by atoms with Gasteiger partial charge in [-0.25, -0.2) is 8.42 Å². The first-order valence-corrected chi connectivity index (χ1v) is 9.55. The summed E-state index contributed by atoms with van der Waals surface area (Å²) in [5.74, 6) is 0.186. The molecule has 0 aliphatic carbocycles. The Bertz CT molecular complexity index is 615. The number of carbonyl (C=O) groups is 1. The number of sulfone groups is 1. The van der Waals surface area contributed by atoms with E-state index in [2.05, 4.69) is 12.2 Å². The van der Waals surface area contributed by atoms with Crippen molar-refractivity contribution in [2.75, 3.05) is 18.1 Å². The zero-order valence-electron chi connectivity index (χ0n) is 12.4. The molecule has 2 atom stereocenters. The number of hydrogen-bond donors (Lipinski definition) is 1. The van der Waals surface area contributed by atoms with Crippen LogP contribution in [0.15, 0.2) is 24.3 Å². The summed E-state index contributed by atoms with van der Waals surface area (Å²) < 4.78 is 28.5. The van der Waals surface area contributed by atoms with Gasteiger partial charge >= 0.3 is 0 Å². The van der Waals surface area contributed by atoms with Crippen LogP contribution in [0.3, 0.4) is 0 Å². The van der Waals surface area contributed by atoms with Gasteiger partial charge in [0.25, 0.3) is 5.91 Å². The fourth-order valence-electron chi connectivity index (χ4n) is 2.23. The summed E-state index contributed by atoms with van der Waals surface area (Å²) in [7, 11) is -3.16. The van der Waals surface area contributed by atoms with Crippen LogP contribution in [0.5, 0.6) is 5.75 Å². The highest BCUT2D eigenvalue weighted by Gasteiger charge is 2.37. The van der Waals surface area contributed by atoms with Crippen molar-refractivity contribution in [1.82, 2.24) is 5.32 Å².